The van der Waals surface area contributed by atoms with E-state index in [4.69, 9.17) is 5.11 Å². The van der Waals surface area contributed by atoms with Crippen LogP contribution in [-0.2, 0) is 6.54 Å². The van der Waals surface area contributed by atoms with Crippen LogP contribution < -0.4 is 10.6 Å². The number of aromatic hydroxyl groups is 1. The zero-order valence-corrected chi connectivity index (χ0v) is 11.2. The van der Waals surface area contributed by atoms with Gasteiger partial charge in [-0.2, -0.15) is 5.10 Å². The summed E-state index contributed by atoms with van der Waals surface area (Å²) < 4.78 is 1.64. The van der Waals surface area contributed by atoms with E-state index in [0.29, 0.717) is 12.2 Å². The molecule has 1 aromatic carbocycles. The van der Waals surface area contributed by atoms with Gasteiger partial charge in [-0.05, 0) is 25.1 Å². The number of carboxylic acids is 1. The zero-order valence-electron chi connectivity index (χ0n) is 11.2. The van der Waals surface area contributed by atoms with Gasteiger partial charge in [-0.3, -0.25) is 4.68 Å². The maximum atomic E-state index is 11.8. The number of phenolic OH excluding ortho intramolecular Hbond substituents is 1. The van der Waals surface area contributed by atoms with E-state index in [-0.39, 0.29) is 17.0 Å². The molecule has 0 spiro atoms. The summed E-state index contributed by atoms with van der Waals surface area (Å²) >= 11 is 0. The molecule has 8 heteroatoms. The van der Waals surface area contributed by atoms with Gasteiger partial charge < -0.3 is 20.8 Å². The van der Waals surface area contributed by atoms with Gasteiger partial charge in [0, 0.05) is 12.7 Å². The normalized spacial score (nSPS) is 10.1. The summed E-state index contributed by atoms with van der Waals surface area (Å²) in [5.74, 6) is -1.44. The third kappa shape index (κ3) is 3.50. The number of benzene rings is 1. The molecule has 2 aromatic rings. The molecule has 8 nitrogen and oxygen atoms in total. The first-order chi connectivity index (χ1) is 9.99. The number of carbonyl (C=O) groups is 2. The molecule has 0 atom stereocenters. The van der Waals surface area contributed by atoms with E-state index in [9.17, 15) is 14.7 Å². The average Bonchev–Trinajstić information content (AvgIpc) is 2.88. The standard InChI is InChI=1S/C13H14N4O4/c1-2-17-7-8(6-14-17)15-13(21)16-11-4-3-9(18)5-10(11)12(19)20/h3-7,18H,2H2,1H3,(H,19,20)(H2,15,16,21). The van der Waals surface area contributed by atoms with Crippen molar-refractivity contribution in [3.05, 3.63) is 36.2 Å². The number of aromatic nitrogens is 2. The van der Waals surface area contributed by atoms with Crippen LogP contribution in [0.15, 0.2) is 30.6 Å². The molecular formula is C13H14N4O4. The number of hydrogen-bond donors (Lipinski definition) is 4. The summed E-state index contributed by atoms with van der Waals surface area (Å²) in [6, 6.07) is 3.07. The third-order valence-corrected chi connectivity index (χ3v) is 2.70. The van der Waals surface area contributed by atoms with Crippen molar-refractivity contribution in [3.8, 4) is 5.75 Å². The third-order valence-electron chi connectivity index (χ3n) is 2.70. The highest BCUT2D eigenvalue weighted by molar-refractivity contribution is 6.04. The Bertz CT molecular complexity index is 681. The molecule has 0 bridgehead atoms. The maximum Gasteiger partial charge on any atom is 0.337 e. The monoisotopic (exact) mass is 290 g/mol. The number of phenols is 1. The highest BCUT2D eigenvalue weighted by Gasteiger charge is 2.13. The lowest BCUT2D eigenvalue weighted by Gasteiger charge is -2.09. The molecule has 0 aliphatic heterocycles. The summed E-state index contributed by atoms with van der Waals surface area (Å²) in [7, 11) is 0. The lowest BCUT2D eigenvalue weighted by molar-refractivity contribution is 0.0697. The number of anilines is 2. The van der Waals surface area contributed by atoms with Crippen molar-refractivity contribution in [2.75, 3.05) is 10.6 Å². The van der Waals surface area contributed by atoms with Crippen LogP contribution in [0.25, 0.3) is 0 Å². The van der Waals surface area contributed by atoms with Crippen LogP contribution in [0.1, 0.15) is 17.3 Å². The molecule has 0 radical (unpaired) electrons. The molecular weight excluding hydrogens is 276 g/mol. The van der Waals surface area contributed by atoms with Crippen molar-refractivity contribution in [1.29, 1.82) is 0 Å². The highest BCUT2D eigenvalue weighted by atomic mass is 16.4. The summed E-state index contributed by atoms with van der Waals surface area (Å²) in [5, 5.41) is 27.3. The van der Waals surface area contributed by atoms with Crippen molar-refractivity contribution in [1.82, 2.24) is 9.78 Å². The van der Waals surface area contributed by atoms with E-state index >= 15 is 0 Å². The fraction of sp³-hybridized carbons (Fsp3) is 0.154. The summed E-state index contributed by atoms with van der Waals surface area (Å²) in [4.78, 5) is 22.9. The molecule has 0 aliphatic rings. The van der Waals surface area contributed by atoms with Crippen LogP contribution >= 0.6 is 0 Å². The molecule has 1 aromatic heterocycles. The Labute approximate surface area is 120 Å². The number of carboxylic acid groups (broad SMARTS) is 1. The topological polar surface area (TPSA) is 116 Å². The Kier molecular flexibility index (Phi) is 4.07. The second-order valence-corrected chi connectivity index (χ2v) is 4.20. The first-order valence-electron chi connectivity index (χ1n) is 6.16. The Morgan fingerprint density at radius 2 is 2.10 bits per heavy atom. The SMILES string of the molecule is CCn1cc(NC(=O)Nc2ccc(O)cc2C(=O)O)cn1. The predicted molar refractivity (Wildman–Crippen MR) is 75.6 cm³/mol. The number of nitrogens with one attached hydrogen (secondary N) is 2. The lowest BCUT2D eigenvalue weighted by Crippen LogP contribution is -2.20. The zero-order chi connectivity index (χ0) is 15.4. The van der Waals surface area contributed by atoms with Gasteiger partial charge in [0.2, 0.25) is 0 Å². The molecule has 0 saturated carbocycles. The number of aryl methyl sites for hydroxylation is 1. The average molecular weight is 290 g/mol. The number of rotatable bonds is 4. The number of hydrogen-bond acceptors (Lipinski definition) is 4. The van der Waals surface area contributed by atoms with Crippen molar-refractivity contribution in [2.45, 2.75) is 13.5 Å². The van der Waals surface area contributed by atoms with Crippen molar-refractivity contribution < 1.29 is 19.8 Å². The number of urea groups is 1. The molecule has 21 heavy (non-hydrogen) atoms. The molecule has 0 unspecified atom stereocenters. The molecule has 0 saturated heterocycles. The van der Waals surface area contributed by atoms with Crippen molar-refractivity contribution in [3.63, 3.8) is 0 Å². The smallest absolute Gasteiger partial charge is 0.337 e. The maximum absolute atomic E-state index is 11.8. The fourth-order valence-corrected chi connectivity index (χ4v) is 1.70. The number of aromatic carboxylic acids is 1. The van der Waals surface area contributed by atoms with E-state index in [1.807, 2.05) is 6.92 Å². The minimum Gasteiger partial charge on any atom is -0.508 e. The fourth-order valence-electron chi connectivity index (χ4n) is 1.70. The summed E-state index contributed by atoms with van der Waals surface area (Å²) in [6.07, 6.45) is 3.13. The predicted octanol–water partition coefficient (Wildman–Crippen LogP) is 1.95. The molecule has 110 valence electrons. The van der Waals surface area contributed by atoms with E-state index in [1.54, 1.807) is 10.9 Å². The van der Waals surface area contributed by atoms with Gasteiger partial charge in [0.1, 0.15) is 5.75 Å². The van der Waals surface area contributed by atoms with E-state index < -0.39 is 12.0 Å². The minimum atomic E-state index is -1.25. The highest BCUT2D eigenvalue weighted by Crippen LogP contribution is 2.21. The molecule has 1 heterocycles. The molecule has 4 N–H and O–H groups in total. The van der Waals surface area contributed by atoms with Crippen molar-refractivity contribution in [2.24, 2.45) is 0 Å². The second-order valence-electron chi connectivity index (χ2n) is 4.20. The van der Waals surface area contributed by atoms with E-state index in [1.165, 1.54) is 18.3 Å². The van der Waals surface area contributed by atoms with Crippen LogP contribution in [0, 0.1) is 0 Å². The largest absolute Gasteiger partial charge is 0.508 e. The Hall–Kier alpha value is -3.03. The van der Waals surface area contributed by atoms with E-state index in [0.717, 1.165) is 6.07 Å². The van der Waals surface area contributed by atoms with Crippen LogP contribution in [0.3, 0.4) is 0 Å². The van der Waals surface area contributed by atoms with Gasteiger partial charge >= 0.3 is 12.0 Å². The van der Waals surface area contributed by atoms with Gasteiger partial charge in [0.25, 0.3) is 0 Å². The van der Waals surface area contributed by atoms with Crippen LogP contribution in [-0.4, -0.2) is 32.0 Å². The molecule has 0 aliphatic carbocycles. The summed E-state index contributed by atoms with van der Waals surface area (Å²) in [6.45, 7) is 2.58. The van der Waals surface area contributed by atoms with Gasteiger partial charge in [-0.15, -0.1) is 0 Å². The van der Waals surface area contributed by atoms with Gasteiger partial charge in [-0.25, -0.2) is 9.59 Å². The number of nitrogens with zero attached hydrogens (tertiary/aromatic N) is 2. The van der Waals surface area contributed by atoms with Gasteiger partial charge in [-0.1, -0.05) is 0 Å². The second kappa shape index (κ2) is 5.95. The van der Waals surface area contributed by atoms with Gasteiger partial charge in [0.05, 0.1) is 23.1 Å². The van der Waals surface area contributed by atoms with Crippen molar-refractivity contribution >= 4 is 23.4 Å². The number of amides is 2. The Morgan fingerprint density at radius 1 is 1.33 bits per heavy atom. The number of carbonyl (C=O) groups excluding carboxylic acids is 1. The minimum absolute atomic E-state index is 0.0840. The lowest BCUT2D eigenvalue weighted by atomic mass is 10.1. The molecule has 0 fully saturated rings. The first-order valence-corrected chi connectivity index (χ1v) is 6.16. The van der Waals surface area contributed by atoms with Crippen LogP contribution in [0.4, 0.5) is 16.2 Å². The summed E-state index contributed by atoms with van der Waals surface area (Å²) in [5.41, 5.74) is 0.375. The van der Waals surface area contributed by atoms with Crippen LogP contribution in [0.2, 0.25) is 0 Å². The first kappa shape index (κ1) is 14.4. The Balaban J connectivity index is 2.10. The molecule has 2 amide bonds. The Morgan fingerprint density at radius 3 is 2.71 bits per heavy atom. The van der Waals surface area contributed by atoms with E-state index in [2.05, 4.69) is 15.7 Å². The van der Waals surface area contributed by atoms with Crippen LogP contribution in [0.5, 0.6) is 5.75 Å². The quantitative estimate of drug-likeness (QED) is 0.642. The van der Waals surface area contributed by atoms with Gasteiger partial charge in [0.15, 0.2) is 0 Å². The molecule has 2 rings (SSSR count).